The zero-order valence-corrected chi connectivity index (χ0v) is 18.1. The molecule has 29 heavy (non-hydrogen) atoms. The second-order valence-corrected chi connectivity index (χ2v) is 9.77. The Morgan fingerprint density at radius 2 is 2.00 bits per heavy atom. The number of amides is 4. The van der Waals surface area contributed by atoms with Crippen LogP contribution in [0.4, 0.5) is 4.79 Å². The molecule has 4 rings (SSSR count). The number of likely N-dealkylation sites (tertiary alicyclic amines) is 2. The molecule has 0 aliphatic carbocycles. The number of hydrogen-bond donors (Lipinski definition) is 1. The molecule has 4 heterocycles. The standard InChI is InChI=1S/C21H30N4O3S/c1-3-10-23-12-8-21(9-13-23)19(27)25(20(28)22-21)16-5-4-11-24(14-16)18(26)17-7-6-15(2)29-17/h6-7,16H,3-5,8-14H2,1-2H3,(H,22,28)/t16-/m0/s1. The summed E-state index contributed by atoms with van der Waals surface area (Å²) in [6, 6.07) is 3.28. The summed E-state index contributed by atoms with van der Waals surface area (Å²) in [5, 5.41) is 3.02. The second kappa shape index (κ2) is 8.07. The van der Waals surface area contributed by atoms with E-state index in [4.69, 9.17) is 0 Å². The van der Waals surface area contributed by atoms with Gasteiger partial charge in [0.25, 0.3) is 11.8 Å². The minimum Gasteiger partial charge on any atom is -0.336 e. The molecule has 4 amide bonds. The van der Waals surface area contributed by atoms with Crippen LogP contribution in [0.1, 0.15) is 53.6 Å². The molecule has 0 radical (unpaired) electrons. The summed E-state index contributed by atoms with van der Waals surface area (Å²) in [6.07, 6.45) is 3.98. The molecule has 8 heteroatoms. The van der Waals surface area contributed by atoms with E-state index in [0.29, 0.717) is 25.9 Å². The van der Waals surface area contributed by atoms with Crippen molar-refractivity contribution in [1.29, 1.82) is 0 Å². The van der Waals surface area contributed by atoms with Gasteiger partial charge in [-0.1, -0.05) is 6.92 Å². The van der Waals surface area contributed by atoms with Gasteiger partial charge in [0, 0.05) is 31.1 Å². The summed E-state index contributed by atoms with van der Waals surface area (Å²) in [5.41, 5.74) is -0.752. The summed E-state index contributed by atoms with van der Waals surface area (Å²) in [6.45, 7) is 7.94. The highest BCUT2D eigenvalue weighted by atomic mass is 32.1. The number of hydrogen-bond acceptors (Lipinski definition) is 5. The Hall–Kier alpha value is -1.93. The van der Waals surface area contributed by atoms with Crippen molar-refractivity contribution in [3.05, 3.63) is 21.9 Å². The molecule has 3 saturated heterocycles. The van der Waals surface area contributed by atoms with Crippen molar-refractivity contribution >= 4 is 29.2 Å². The van der Waals surface area contributed by atoms with Gasteiger partial charge < -0.3 is 15.1 Å². The summed E-state index contributed by atoms with van der Waals surface area (Å²) in [4.78, 5) is 46.4. The lowest BCUT2D eigenvalue weighted by Crippen LogP contribution is -2.56. The maximum atomic E-state index is 13.3. The van der Waals surface area contributed by atoms with Gasteiger partial charge in [0.1, 0.15) is 5.54 Å². The molecule has 0 unspecified atom stereocenters. The van der Waals surface area contributed by atoms with Crippen molar-refractivity contribution in [2.45, 2.75) is 57.5 Å². The summed E-state index contributed by atoms with van der Waals surface area (Å²) >= 11 is 1.49. The van der Waals surface area contributed by atoms with Gasteiger partial charge in [-0.25, -0.2) is 4.79 Å². The predicted octanol–water partition coefficient (Wildman–Crippen LogP) is 2.46. The van der Waals surface area contributed by atoms with Crippen LogP contribution in [0.25, 0.3) is 0 Å². The molecule has 1 aromatic rings. The fourth-order valence-electron chi connectivity index (χ4n) is 4.84. The Morgan fingerprint density at radius 1 is 1.24 bits per heavy atom. The van der Waals surface area contributed by atoms with E-state index in [-0.39, 0.29) is 23.9 Å². The normalized spacial score (nSPS) is 25.0. The lowest BCUT2D eigenvalue weighted by molar-refractivity contribution is -0.135. The van der Waals surface area contributed by atoms with Crippen molar-refractivity contribution in [3.63, 3.8) is 0 Å². The first kappa shape index (κ1) is 20.3. The van der Waals surface area contributed by atoms with Crippen LogP contribution in [-0.4, -0.2) is 76.8 Å². The van der Waals surface area contributed by atoms with Gasteiger partial charge in [0.2, 0.25) is 0 Å². The Balaban J connectivity index is 1.44. The largest absolute Gasteiger partial charge is 0.336 e. The monoisotopic (exact) mass is 418 g/mol. The third-order valence-corrected chi connectivity index (χ3v) is 7.43. The minimum absolute atomic E-state index is 0.00226. The molecule has 1 aromatic heterocycles. The van der Waals surface area contributed by atoms with E-state index in [1.54, 1.807) is 4.90 Å². The van der Waals surface area contributed by atoms with Crippen molar-refractivity contribution in [3.8, 4) is 0 Å². The Kier molecular flexibility index (Phi) is 5.66. The number of nitrogens with one attached hydrogen (secondary N) is 1. The molecule has 158 valence electrons. The Bertz CT molecular complexity index is 800. The number of imide groups is 1. The fourth-order valence-corrected chi connectivity index (χ4v) is 5.68. The van der Waals surface area contributed by atoms with Crippen LogP contribution >= 0.6 is 11.3 Å². The van der Waals surface area contributed by atoms with Crippen LogP contribution in [0.3, 0.4) is 0 Å². The van der Waals surface area contributed by atoms with E-state index in [9.17, 15) is 14.4 Å². The van der Waals surface area contributed by atoms with E-state index < -0.39 is 5.54 Å². The van der Waals surface area contributed by atoms with Crippen LogP contribution < -0.4 is 5.32 Å². The molecular weight excluding hydrogens is 388 g/mol. The van der Waals surface area contributed by atoms with Crippen LogP contribution in [0.2, 0.25) is 0 Å². The van der Waals surface area contributed by atoms with Gasteiger partial charge in [0.05, 0.1) is 10.9 Å². The number of thiophene rings is 1. The van der Waals surface area contributed by atoms with Crippen LogP contribution in [-0.2, 0) is 4.79 Å². The van der Waals surface area contributed by atoms with Crippen LogP contribution in [0, 0.1) is 6.92 Å². The topological polar surface area (TPSA) is 73.0 Å². The summed E-state index contributed by atoms with van der Waals surface area (Å²) in [5.74, 6) is -0.0904. The molecule has 0 aromatic carbocycles. The van der Waals surface area contributed by atoms with Crippen LogP contribution in [0.15, 0.2) is 12.1 Å². The minimum atomic E-state index is -0.752. The smallest absolute Gasteiger partial charge is 0.325 e. The van der Waals surface area contributed by atoms with E-state index in [2.05, 4.69) is 17.1 Å². The molecule has 1 N–H and O–H groups in total. The SMILES string of the molecule is CCCN1CCC2(CC1)NC(=O)N([C@H]1CCCN(C(=O)c3ccc(C)s3)C1)C2=O. The third-order valence-electron chi connectivity index (χ3n) is 6.44. The van der Waals surface area contributed by atoms with E-state index in [0.717, 1.165) is 48.7 Å². The Labute approximate surface area is 176 Å². The number of urea groups is 1. The number of carbonyl (C=O) groups is 3. The molecule has 0 bridgehead atoms. The fraction of sp³-hybridized carbons (Fsp3) is 0.667. The maximum Gasteiger partial charge on any atom is 0.325 e. The van der Waals surface area contributed by atoms with E-state index >= 15 is 0 Å². The van der Waals surface area contributed by atoms with Crippen molar-refractivity contribution < 1.29 is 14.4 Å². The van der Waals surface area contributed by atoms with Crippen molar-refractivity contribution in [2.24, 2.45) is 0 Å². The van der Waals surface area contributed by atoms with Gasteiger partial charge in [-0.2, -0.15) is 0 Å². The van der Waals surface area contributed by atoms with Crippen molar-refractivity contribution in [2.75, 3.05) is 32.7 Å². The average Bonchev–Trinajstić information content (AvgIpc) is 3.25. The molecule has 3 fully saturated rings. The highest BCUT2D eigenvalue weighted by Gasteiger charge is 2.54. The highest BCUT2D eigenvalue weighted by Crippen LogP contribution is 2.32. The summed E-state index contributed by atoms with van der Waals surface area (Å²) < 4.78 is 0. The number of rotatable bonds is 4. The molecule has 7 nitrogen and oxygen atoms in total. The lowest BCUT2D eigenvalue weighted by Gasteiger charge is -2.39. The zero-order valence-electron chi connectivity index (χ0n) is 17.3. The lowest BCUT2D eigenvalue weighted by atomic mass is 9.87. The first-order valence-electron chi connectivity index (χ1n) is 10.7. The second-order valence-electron chi connectivity index (χ2n) is 8.49. The number of nitrogens with zero attached hydrogens (tertiary/aromatic N) is 3. The van der Waals surface area contributed by atoms with Gasteiger partial charge >= 0.3 is 6.03 Å². The molecule has 1 spiro atoms. The molecular formula is C21H30N4O3S. The van der Waals surface area contributed by atoms with Gasteiger partial charge in [-0.05, 0) is 57.7 Å². The van der Waals surface area contributed by atoms with Crippen LogP contribution in [0.5, 0.6) is 0 Å². The maximum absolute atomic E-state index is 13.3. The predicted molar refractivity (Wildman–Crippen MR) is 112 cm³/mol. The zero-order chi connectivity index (χ0) is 20.6. The van der Waals surface area contributed by atoms with Crippen molar-refractivity contribution in [1.82, 2.24) is 20.0 Å². The average molecular weight is 419 g/mol. The molecule has 0 saturated carbocycles. The van der Waals surface area contributed by atoms with Gasteiger partial charge in [0.15, 0.2) is 0 Å². The Morgan fingerprint density at radius 3 is 2.66 bits per heavy atom. The highest BCUT2D eigenvalue weighted by molar-refractivity contribution is 7.13. The number of carbonyl (C=O) groups excluding carboxylic acids is 3. The molecule has 1 atom stereocenters. The molecule has 3 aliphatic rings. The summed E-state index contributed by atoms with van der Waals surface area (Å²) in [7, 11) is 0. The first-order chi connectivity index (χ1) is 13.9. The molecule has 3 aliphatic heterocycles. The van der Waals surface area contributed by atoms with E-state index in [1.165, 1.54) is 16.2 Å². The number of aryl methyl sites for hydroxylation is 1. The van der Waals surface area contributed by atoms with E-state index in [1.807, 2.05) is 19.1 Å². The van der Waals surface area contributed by atoms with Gasteiger partial charge in [-0.3, -0.25) is 14.5 Å². The number of piperidine rings is 2. The third kappa shape index (κ3) is 3.80. The first-order valence-corrected chi connectivity index (χ1v) is 11.5. The quantitative estimate of drug-likeness (QED) is 0.763. The van der Waals surface area contributed by atoms with Gasteiger partial charge in [-0.15, -0.1) is 11.3 Å².